The van der Waals surface area contributed by atoms with Gasteiger partial charge in [0.05, 0.1) is 13.2 Å². The zero-order chi connectivity index (χ0) is 12.3. The summed E-state index contributed by atoms with van der Waals surface area (Å²) >= 11 is 0. The molecule has 100 valence electrons. The van der Waals surface area contributed by atoms with Crippen molar-refractivity contribution in [1.29, 1.82) is 0 Å². The summed E-state index contributed by atoms with van der Waals surface area (Å²) in [6.45, 7) is 1.73. The summed E-state index contributed by atoms with van der Waals surface area (Å²) in [4.78, 5) is 11.8. The molecule has 0 unspecified atom stereocenters. The average molecular weight is 243 g/mol. The van der Waals surface area contributed by atoms with Crippen LogP contribution >= 0.6 is 0 Å². The Balaban J connectivity index is 2.03. The number of hydrogen-bond donors (Lipinski definition) is 2. The van der Waals surface area contributed by atoms with Crippen molar-refractivity contribution in [2.24, 2.45) is 5.92 Å². The van der Waals surface area contributed by atoms with E-state index in [9.17, 15) is 4.79 Å². The first-order chi connectivity index (χ1) is 8.34. The van der Waals surface area contributed by atoms with E-state index in [1.165, 1.54) is 25.7 Å². The molecule has 4 nitrogen and oxygen atoms in total. The Kier molecular flexibility index (Phi) is 8.01. The summed E-state index contributed by atoms with van der Waals surface area (Å²) in [5, 5.41) is 11.5. The van der Waals surface area contributed by atoms with Crippen LogP contribution in [-0.2, 0) is 9.53 Å². The van der Waals surface area contributed by atoms with Gasteiger partial charge < -0.3 is 15.2 Å². The Morgan fingerprint density at radius 1 is 1.18 bits per heavy atom. The topological polar surface area (TPSA) is 58.6 Å². The highest BCUT2D eigenvalue weighted by Crippen LogP contribution is 2.22. The first kappa shape index (κ1) is 14.5. The van der Waals surface area contributed by atoms with Crippen LogP contribution in [0.5, 0.6) is 0 Å². The number of rotatable bonds is 7. The van der Waals surface area contributed by atoms with Crippen LogP contribution in [0.2, 0.25) is 0 Å². The zero-order valence-electron chi connectivity index (χ0n) is 10.6. The molecule has 1 amide bonds. The third-order valence-corrected chi connectivity index (χ3v) is 3.23. The number of amides is 1. The molecule has 1 aliphatic rings. The van der Waals surface area contributed by atoms with Crippen molar-refractivity contribution >= 4 is 5.91 Å². The average Bonchev–Trinajstić information content (AvgIpc) is 2.62. The molecule has 0 radical (unpaired) electrons. The number of ether oxygens (including phenoxy) is 1. The highest BCUT2D eigenvalue weighted by molar-refractivity contribution is 5.78. The summed E-state index contributed by atoms with van der Waals surface area (Å²) in [6.07, 6.45) is 7.85. The van der Waals surface area contributed by atoms with Crippen molar-refractivity contribution in [2.75, 3.05) is 26.4 Å². The summed E-state index contributed by atoms with van der Waals surface area (Å²) in [5.41, 5.74) is 0. The molecule has 0 saturated heterocycles. The molecule has 1 rings (SSSR count). The molecule has 17 heavy (non-hydrogen) atoms. The normalized spacial score (nSPS) is 17.7. The van der Waals surface area contributed by atoms with Gasteiger partial charge >= 0.3 is 0 Å². The molecular formula is C13H25NO3. The lowest BCUT2D eigenvalue weighted by Gasteiger charge is -2.13. The van der Waals surface area contributed by atoms with Gasteiger partial charge in [-0.25, -0.2) is 0 Å². The van der Waals surface area contributed by atoms with Gasteiger partial charge in [0, 0.05) is 19.1 Å². The van der Waals surface area contributed by atoms with E-state index in [4.69, 9.17) is 9.84 Å². The lowest BCUT2D eigenvalue weighted by molar-refractivity contribution is -0.125. The van der Waals surface area contributed by atoms with E-state index in [1.54, 1.807) is 0 Å². The van der Waals surface area contributed by atoms with Gasteiger partial charge in [-0.15, -0.1) is 0 Å². The molecule has 0 bridgehead atoms. The minimum atomic E-state index is 0.0639. The monoisotopic (exact) mass is 243 g/mol. The predicted molar refractivity (Wildman–Crippen MR) is 66.7 cm³/mol. The minimum Gasteiger partial charge on any atom is -0.394 e. The lowest BCUT2D eigenvalue weighted by Crippen LogP contribution is -2.31. The minimum absolute atomic E-state index is 0.0639. The Hall–Kier alpha value is -0.610. The van der Waals surface area contributed by atoms with Crippen molar-refractivity contribution < 1.29 is 14.6 Å². The van der Waals surface area contributed by atoms with E-state index >= 15 is 0 Å². The fourth-order valence-corrected chi connectivity index (χ4v) is 2.24. The maximum atomic E-state index is 11.8. The second-order valence-electron chi connectivity index (χ2n) is 4.67. The van der Waals surface area contributed by atoms with Gasteiger partial charge in [-0.05, 0) is 19.3 Å². The van der Waals surface area contributed by atoms with Crippen LogP contribution in [0.4, 0.5) is 0 Å². The number of hydrogen-bond acceptors (Lipinski definition) is 3. The van der Waals surface area contributed by atoms with Gasteiger partial charge in [0.25, 0.3) is 0 Å². The zero-order valence-corrected chi connectivity index (χ0v) is 10.6. The van der Waals surface area contributed by atoms with Crippen LogP contribution in [0.1, 0.15) is 44.9 Å². The van der Waals surface area contributed by atoms with Crippen molar-refractivity contribution in [3.8, 4) is 0 Å². The second kappa shape index (κ2) is 9.42. The maximum absolute atomic E-state index is 11.8. The molecule has 0 atom stereocenters. The van der Waals surface area contributed by atoms with E-state index < -0.39 is 0 Å². The molecule has 1 aliphatic carbocycles. The first-order valence-electron chi connectivity index (χ1n) is 6.81. The third-order valence-electron chi connectivity index (χ3n) is 3.23. The Morgan fingerprint density at radius 2 is 1.88 bits per heavy atom. The second-order valence-corrected chi connectivity index (χ2v) is 4.67. The fraction of sp³-hybridized carbons (Fsp3) is 0.923. The van der Waals surface area contributed by atoms with Gasteiger partial charge in [-0.2, -0.15) is 0 Å². The van der Waals surface area contributed by atoms with Crippen molar-refractivity contribution in [3.63, 3.8) is 0 Å². The number of aliphatic hydroxyl groups excluding tert-OH is 1. The van der Waals surface area contributed by atoms with Crippen LogP contribution < -0.4 is 5.32 Å². The summed E-state index contributed by atoms with van der Waals surface area (Å²) in [5.74, 6) is 0.449. The number of nitrogens with one attached hydrogen (secondary N) is 1. The van der Waals surface area contributed by atoms with Crippen LogP contribution in [0.15, 0.2) is 0 Å². The predicted octanol–water partition coefficient (Wildman–Crippen LogP) is 1.47. The van der Waals surface area contributed by atoms with Gasteiger partial charge in [-0.3, -0.25) is 4.79 Å². The lowest BCUT2D eigenvalue weighted by atomic mass is 9.99. The number of carbonyl (C=O) groups is 1. The molecule has 0 spiro atoms. The molecule has 0 aromatic carbocycles. The van der Waals surface area contributed by atoms with E-state index in [0.29, 0.717) is 19.8 Å². The molecular weight excluding hydrogens is 218 g/mol. The molecule has 1 saturated carbocycles. The Morgan fingerprint density at radius 3 is 2.53 bits per heavy atom. The van der Waals surface area contributed by atoms with Crippen LogP contribution in [0.25, 0.3) is 0 Å². The summed E-state index contributed by atoms with van der Waals surface area (Å²) in [6, 6.07) is 0. The fourth-order valence-electron chi connectivity index (χ4n) is 2.24. The molecule has 1 fully saturated rings. The molecule has 0 heterocycles. The van der Waals surface area contributed by atoms with Crippen molar-refractivity contribution in [3.05, 3.63) is 0 Å². The molecule has 2 N–H and O–H groups in total. The van der Waals surface area contributed by atoms with E-state index in [1.807, 2.05) is 0 Å². The standard InChI is InChI=1S/C13H25NO3/c15-9-11-17-10-5-8-14-13(16)12-6-3-1-2-4-7-12/h12,15H,1-11H2,(H,14,16). The molecule has 0 aromatic rings. The Bertz CT molecular complexity index is 201. The maximum Gasteiger partial charge on any atom is 0.223 e. The van der Waals surface area contributed by atoms with Crippen LogP contribution in [0, 0.1) is 5.92 Å². The SMILES string of the molecule is O=C(NCCCOCCO)C1CCCCCC1. The molecule has 0 aliphatic heterocycles. The first-order valence-corrected chi connectivity index (χ1v) is 6.81. The van der Waals surface area contributed by atoms with E-state index in [-0.39, 0.29) is 18.4 Å². The van der Waals surface area contributed by atoms with Crippen LogP contribution in [-0.4, -0.2) is 37.4 Å². The van der Waals surface area contributed by atoms with Gasteiger partial charge in [0.2, 0.25) is 5.91 Å². The van der Waals surface area contributed by atoms with E-state index in [0.717, 1.165) is 19.3 Å². The van der Waals surface area contributed by atoms with E-state index in [2.05, 4.69) is 5.32 Å². The molecule has 4 heteroatoms. The highest BCUT2D eigenvalue weighted by atomic mass is 16.5. The number of carbonyl (C=O) groups excluding carboxylic acids is 1. The largest absolute Gasteiger partial charge is 0.394 e. The summed E-state index contributed by atoms with van der Waals surface area (Å²) in [7, 11) is 0. The molecule has 0 aromatic heterocycles. The van der Waals surface area contributed by atoms with Gasteiger partial charge in [-0.1, -0.05) is 25.7 Å². The van der Waals surface area contributed by atoms with Crippen LogP contribution in [0.3, 0.4) is 0 Å². The quantitative estimate of drug-likeness (QED) is 0.526. The number of aliphatic hydroxyl groups is 1. The van der Waals surface area contributed by atoms with Crippen molar-refractivity contribution in [2.45, 2.75) is 44.9 Å². The summed E-state index contributed by atoms with van der Waals surface area (Å²) < 4.78 is 5.13. The highest BCUT2D eigenvalue weighted by Gasteiger charge is 2.19. The van der Waals surface area contributed by atoms with Gasteiger partial charge in [0.15, 0.2) is 0 Å². The van der Waals surface area contributed by atoms with Crippen molar-refractivity contribution in [1.82, 2.24) is 5.32 Å². The third kappa shape index (κ3) is 6.64. The smallest absolute Gasteiger partial charge is 0.223 e. The Labute approximate surface area is 104 Å². The van der Waals surface area contributed by atoms with Gasteiger partial charge in [0.1, 0.15) is 0 Å².